The first-order valence-corrected chi connectivity index (χ1v) is 6.17. The van der Waals surface area contributed by atoms with Gasteiger partial charge in [0.25, 0.3) is 0 Å². The smallest absolute Gasteiger partial charge is 0.193 e. The fraction of sp³-hybridized carbons (Fsp3) is 0.143. The van der Waals surface area contributed by atoms with Gasteiger partial charge in [-0.05, 0) is 42.9 Å². The Morgan fingerprint density at radius 2 is 2.00 bits per heavy atom. The Kier molecular flexibility index (Phi) is 3.05. The van der Waals surface area contributed by atoms with Gasteiger partial charge >= 0.3 is 0 Å². The highest BCUT2D eigenvalue weighted by molar-refractivity contribution is 6.28. The zero-order valence-electron chi connectivity index (χ0n) is 10.1. The molecule has 3 nitrogen and oxygen atoms in total. The second kappa shape index (κ2) is 4.72. The fourth-order valence-corrected chi connectivity index (χ4v) is 2.25. The maximum Gasteiger partial charge on any atom is 0.193 e. The van der Waals surface area contributed by atoms with Crippen LogP contribution in [0.4, 0.5) is 4.39 Å². The lowest BCUT2D eigenvalue weighted by Gasteiger charge is -2.09. The Morgan fingerprint density at radius 1 is 1.16 bits per heavy atom. The summed E-state index contributed by atoms with van der Waals surface area (Å²) < 4.78 is 24.6. The van der Waals surface area contributed by atoms with Gasteiger partial charge < -0.3 is 14.2 Å². The third-order valence-electron chi connectivity index (χ3n) is 2.97. The summed E-state index contributed by atoms with van der Waals surface area (Å²) in [7, 11) is 1.77. The molecule has 0 spiro atoms. The molecule has 0 saturated heterocycles. The quantitative estimate of drug-likeness (QED) is 0.783. The molecule has 1 atom stereocenters. The van der Waals surface area contributed by atoms with Crippen LogP contribution in [0, 0.1) is 5.82 Å². The molecule has 1 aromatic carbocycles. The molecule has 0 bridgehead atoms. The molecule has 3 aromatic rings. The molecule has 1 N–H and O–H groups in total. The van der Waals surface area contributed by atoms with Crippen molar-refractivity contribution in [2.45, 2.75) is 6.04 Å². The largest absolute Gasteiger partial charge is 0.456 e. The highest BCUT2D eigenvalue weighted by Crippen LogP contribution is 2.30. The van der Waals surface area contributed by atoms with E-state index >= 15 is 0 Å². The van der Waals surface area contributed by atoms with E-state index in [1.54, 1.807) is 37.4 Å². The molecule has 0 aliphatic heterocycles. The third kappa shape index (κ3) is 2.13. The topological polar surface area (TPSA) is 38.3 Å². The molecule has 0 fully saturated rings. The Bertz CT molecular complexity index is 719. The first-order valence-electron chi connectivity index (χ1n) is 5.79. The molecule has 5 heteroatoms. The minimum atomic E-state index is -0.379. The highest BCUT2D eigenvalue weighted by atomic mass is 35.5. The predicted molar refractivity (Wildman–Crippen MR) is 70.8 cm³/mol. The number of para-hydroxylation sites is 1. The normalized spacial score (nSPS) is 13.0. The van der Waals surface area contributed by atoms with Crippen molar-refractivity contribution in [2.75, 3.05) is 7.05 Å². The monoisotopic (exact) mass is 279 g/mol. The Balaban J connectivity index is 2.09. The van der Waals surface area contributed by atoms with E-state index in [0.717, 1.165) is 0 Å². The number of nitrogens with one attached hydrogen (secondary N) is 1. The molecule has 2 heterocycles. The number of hydrogen-bond donors (Lipinski definition) is 1. The summed E-state index contributed by atoms with van der Waals surface area (Å²) in [5, 5.41) is 4.08. The summed E-state index contributed by atoms with van der Waals surface area (Å²) in [6.07, 6.45) is 0. The van der Waals surface area contributed by atoms with E-state index in [-0.39, 0.29) is 17.4 Å². The molecule has 2 aromatic heterocycles. The number of halogens is 2. The average molecular weight is 280 g/mol. The summed E-state index contributed by atoms with van der Waals surface area (Å²) in [5.41, 5.74) is 0.246. The number of hydrogen-bond acceptors (Lipinski definition) is 3. The third-order valence-corrected chi connectivity index (χ3v) is 3.17. The van der Waals surface area contributed by atoms with Crippen molar-refractivity contribution in [3.05, 3.63) is 59.0 Å². The average Bonchev–Trinajstić information content (AvgIpc) is 2.98. The number of rotatable bonds is 3. The van der Waals surface area contributed by atoms with Crippen molar-refractivity contribution in [1.29, 1.82) is 0 Å². The van der Waals surface area contributed by atoms with E-state index in [0.29, 0.717) is 22.1 Å². The molecule has 1 unspecified atom stereocenters. The van der Waals surface area contributed by atoms with Gasteiger partial charge in [-0.15, -0.1) is 0 Å². The van der Waals surface area contributed by atoms with Gasteiger partial charge in [0, 0.05) is 5.39 Å². The van der Waals surface area contributed by atoms with Crippen LogP contribution < -0.4 is 5.32 Å². The summed E-state index contributed by atoms with van der Waals surface area (Å²) in [6, 6.07) is 9.71. The number of fused-ring (bicyclic) bond motifs is 1. The molecular weight excluding hydrogens is 269 g/mol. The van der Waals surface area contributed by atoms with Crippen LogP contribution in [0.25, 0.3) is 11.0 Å². The first kappa shape index (κ1) is 12.3. The van der Waals surface area contributed by atoms with Crippen molar-refractivity contribution in [3.8, 4) is 0 Å². The molecule has 98 valence electrons. The van der Waals surface area contributed by atoms with Gasteiger partial charge in [-0.2, -0.15) is 0 Å². The van der Waals surface area contributed by atoms with E-state index < -0.39 is 0 Å². The van der Waals surface area contributed by atoms with E-state index in [1.165, 1.54) is 6.07 Å². The maximum atomic E-state index is 13.6. The van der Waals surface area contributed by atoms with E-state index in [4.69, 9.17) is 20.4 Å². The number of benzene rings is 1. The SMILES string of the molecule is CNC(c1ccc(Cl)o1)c1cc2cccc(F)c2o1. The van der Waals surface area contributed by atoms with E-state index in [1.807, 2.05) is 0 Å². The van der Waals surface area contributed by atoms with Crippen molar-refractivity contribution in [1.82, 2.24) is 5.32 Å². The minimum absolute atomic E-state index is 0.246. The molecule has 0 amide bonds. The second-order valence-corrected chi connectivity index (χ2v) is 4.54. The molecule has 3 rings (SSSR count). The highest BCUT2D eigenvalue weighted by Gasteiger charge is 2.21. The van der Waals surface area contributed by atoms with Crippen LogP contribution >= 0.6 is 11.6 Å². The molecule has 0 aliphatic rings. The lowest BCUT2D eigenvalue weighted by atomic mass is 10.1. The van der Waals surface area contributed by atoms with Crippen LogP contribution in [0.15, 0.2) is 45.2 Å². The second-order valence-electron chi connectivity index (χ2n) is 4.17. The molecule has 0 radical (unpaired) electrons. The van der Waals surface area contributed by atoms with Crippen molar-refractivity contribution >= 4 is 22.6 Å². The Morgan fingerprint density at radius 3 is 2.63 bits per heavy atom. The summed E-state index contributed by atoms with van der Waals surface area (Å²) in [5.74, 6) is 0.816. The van der Waals surface area contributed by atoms with E-state index in [9.17, 15) is 4.39 Å². The molecule has 19 heavy (non-hydrogen) atoms. The van der Waals surface area contributed by atoms with Gasteiger partial charge in [-0.1, -0.05) is 12.1 Å². The van der Waals surface area contributed by atoms with Gasteiger partial charge in [0.15, 0.2) is 16.6 Å². The first-order chi connectivity index (χ1) is 9.19. The predicted octanol–water partition coefficient (Wildman–Crippen LogP) is 4.13. The van der Waals surface area contributed by atoms with Crippen LogP contribution in [0.2, 0.25) is 5.22 Å². The van der Waals surface area contributed by atoms with Gasteiger partial charge in [0.05, 0.1) is 0 Å². The van der Waals surface area contributed by atoms with Crippen LogP contribution in [-0.4, -0.2) is 7.05 Å². The molecular formula is C14H11ClFNO2. The van der Waals surface area contributed by atoms with Gasteiger partial charge in [0.2, 0.25) is 0 Å². The Hall–Kier alpha value is -1.78. The lowest BCUT2D eigenvalue weighted by molar-refractivity contribution is 0.411. The molecule has 0 aliphatic carbocycles. The van der Waals surface area contributed by atoms with Crippen LogP contribution in [0.1, 0.15) is 17.6 Å². The maximum absolute atomic E-state index is 13.6. The van der Waals surface area contributed by atoms with Crippen molar-refractivity contribution < 1.29 is 13.2 Å². The Labute approximate surface area is 114 Å². The van der Waals surface area contributed by atoms with Crippen LogP contribution in [0.5, 0.6) is 0 Å². The zero-order valence-corrected chi connectivity index (χ0v) is 10.9. The van der Waals surface area contributed by atoms with E-state index in [2.05, 4.69) is 5.32 Å². The summed E-state index contributed by atoms with van der Waals surface area (Å²) >= 11 is 5.77. The standard InChI is InChI=1S/C14H11ClFNO2/c1-17-13(10-5-6-12(15)18-10)11-7-8-3-2-4-9(16)14(8)19-11/h2-7,13,17H,1H3. The van der Waals surface area contributed by atoms with Crippen LogP contribution in [0.3, 0.4) is 0 Å². The van der Waals surface area contributed by atoms with Crippen LogP contribution in [-0.2, 0) is 0 Å². The molecule has 0 saturated carbocycles. The number of furan rings is 2. The fourth-order valence-electron chi connectivity index (χ4n) is 2.10. The van der Waals surface area contributed by atoms with Gasteiger partial charge in [-0.3, -0.25) is 0 Å². The zero-order chi connectivity index (χ0) is 13.4. The van der Waals surface area contributed by atoms with Crippen molar-refractivity contribution in [3.63, 3.8) is 0 Å². The minimum Gasteiger partial charge on any atom is -0.456 e. The van der Waals surface area contributed by atoms with Crippen molar-refractivity contribution in [2.24, 2.45) is 0 Å². The summed E-state index contributed by atoms with van der Waals surface area (Å²) in [6.45, 7) is 0. The van der Waals surface area contributed by atoms with Gasteiger partial charge in [-0.25, -0.2) is 4.39 Å². The summed E-state index contributed by atoms with van der Waals surface area (Å²) in [4.78, 5) is 0. The van der Waals surface area contributed by atoms with Gasteiger partial charge in [0.1, 0.15) is 17.6 Å². The lowest BCUT2D eigenvalue weighted by Crippen LogP contribution is -2.16.